The number of nitrogens with two attached hydrogens (primary N) is 1. The topological polar surface area (TPSA) is 108 Å². The van der Waals surface area contributed by atoms with Crippen molar-refractivity contribution >= 4 is 16.9 Å². The lowest BCUT2D eigenvalue weighted by Gasteiger charge is -2.12. The fourth-order valence-electron chi connectivity index (χ4n) is 3.72. The molecule has 0 aliphatic rings. The monoisotopic (exact) mass is 450 g/mol. The molecule has 0 saturated carbocycles. The molecule has 0 atom stereocenters. The molecule has 0 unspecified atom stereocenters. The molecule has 0 saturated heterocycles. The number of hydrogen-bond acceptors (Lipinski definition) is 6. The number of hydrogen-bond donors (Lipinski definition) is 2. The van der Waals surface area contributed by atoms with Crippen LogP contribution < -0.4 is 10.5 Å². The number of carboxylic acid groups (broad SMARTS) is 1. The number of halogens is 1. The molecule has 0 aliphatic heterocycles. The molecule has 0 radical (unpaired) electrons. The number of carbonyl (C=O) groups is 1. The molecule has 8 heteroatoms. The molecule has 4 aromatic rings. The average molecular weight is 450 g/mol. The van der Waals surface area contributed by atoms with E-state index in [0.717, 1.165) is 10.9 Å². The summed E-state index contributed by atoms with van der Waals surface area (Å²) in [7, 11) is 1.57. The molecule has 7 nitrogen and oxygen atoms in total. The lowest BCUT2D eigenvalue weighted by Crippen LogP contribution is -2.05. The molecule has 0 spiro atoms. The van der Waals surface area contributed by atoms with Gasteiger partial charge in [0.1, 0.15) is 30.3 Å². The first kappa shape index (κ1) is 22.4. The van der Waals surface area contributed by atoms with Crippen LogP contribution in [0.3, 0.4) is 0 Å². The number of aliphatic carboxylic acids is 1. The van der Waals surface area contributed by atoms with E-state index < -0.39 is 11.8 Å². The lowest BCUT2D eigenvalue weighted by molar-refractivity contribution is -0.136. The minimum atomic E-state index is -0.942. The molecule has 0 bridgehead atoms. The van der Waals surface area contributed by atoms with Crippen molar-refractivity contribution < 1.29 is 28.2 Å². The highest BCUT2D eigenvalue weighted by Gasteiger charge is 2.18. The second kappa shape index (κ2) is 9.81. The van der Waals surface area contributed by atoms with E-state index in [9.17, 15) is 4.79 Å². The SMILES string of the molecule is COCc1cc2cc(COc3ccccc3CC(=O)O)cc(-c3ccnc(CN)c3F)c2o1. The fourth-order valence-corrected chi connectivity index (χ4v) is 3.72. The van der Waals surface area contributed by atoms with E-state index >= 15 is 4.39 Å². The normalized spacial score (nSPS) is 11.1. The first-order chi connectivity index (χ1) is 16.0. The number of pyridine rings is 1. The summed E-state index contributed by atoms with van der Waals surface area (Å²) in [5.41, 5.74) is 8.52. The zero-order valence-electron chi connectivity index (χ0n) is 18.0. The van der Waals surface area contributed by atoms with Gasteiger partial charge in [-0.3, -0.25) is 9.78 Å². The lowest BCUT2D eigenvalue weighted by atomic mass is 10.00. The van der Waals surface area contributed by atoms with E-state index in [1.165, 1.54) is 6.20 Å². The van der Waals surface area contributed by atoms with Crippen molar-refractivity contribution in [2.75, 3.05) is 7.11 Å². The number of aromatic nitrogens is 1. The summed E-state index contributed by atoms with van der Waals surface area (Å²) in [5, 5.41) is 9.91. The molecule has 0 amide bonds. The zero-order chi connectivity index (χ0) is 23.4. The third-order valence-corrected chi connectivity index (χ3v) is 5.17. The number of furan rings is 1. The first-order valence-electron chi connectivity index (χ1n) is 10.3. The molecule has 0 fully saturated rings. The number of ether oxygens (including phenoxy) is 2. The Morgan fingerprint density at radius 2 is 1.97 bits per heavy atom. The predicted molar refractivity (Wildman–Crippen MR) is 120 cm³/mol. The first-order valence-corrected chi connectivity index (χ1v) is 10.3. The smallest absolute Gasteiger partial charge is 0.307 e. The van der Waals surface area contributed by atoms with Crippen LogP contribution in [0.5, 0.6) is 5.75 Å². The van der Waals surface area contributed by atoms with Crippen molar-refractivity contribution in [3.8, 4) is 16.9 Å². The Morgan fingerprint density at radius 1 is 1.15 bits per heavy atom. The summed E-state index contributed by atoms with van der Waals surface area (Å²) in [6.45, 7) is 0.398. The maximum atomic E-state index is 15.1. The number of para-hydroxylation sites is 1. The van der Waals surface area contributed by atoms with Crippen LogP contribution in [0.2, 0.25) is 0 Å². The average Bonchev–Trinajstić information content (AvgIpc) is 3.20. The van der Waals surface area contributed by atoms with Crippen LogP contribution in [0.4, 0.5) is 4.39 Å². The minimum absolute atomic E-state index is 0.0287. The van der Waals surface area contributed by atoms with Crippen LogP contribution >= 0.6 is 0 Å². The second-order valence-electron chi connectivity index (χ2n) is 7.50. The summed E-state index contributed by atoms with van der Waals surface area (Å²) in [6, 6.07) is 14.1. The predicted octanol–water partition coefficient (Wildman–Crippen LogP) is 4.45. The molecular weight excluding hydrogens is 427 g/mol. The van der Waals surface area contributed by atoms with Crippen LogP contribution in [0, 0.1) is 5.82 Å². The van der Waals surface area contributed by atoms with Crippen LogP contribution in [0.1, 0.15) is 22.6 Å². The van der Waals surface area contributed by atoms with Gasteiger partial charge in [0.25, 0.3) is 0 Å². The quantitative estimate of drug-likeness (QED) is 0.388. The fraction of sp³-hybridized carbons (Fsp3) is 0.200. The van der Waals surface area contributed by atoms with E-state index in [0.29, 0.717) is 33.8 Å². The van der Waals surface area contributed by atoms with Crippen LogP contribution in [0.25, 0.3) is 22.1 Å². The van der Waals surface area contributed by atoms with E-state index in [4.69, 9.17) is 24.7 Å². The van der Waals surface area contributed by atoms with E-state index in [-0.39, 0.29) is 31.9 Å². The van der Waals surface area contributed by atoms with Crippen LogP contribution in [0.15, 0.2) is 59.1 Å². The molecule has 2 aromatic heterocycles. The van der Waals surface area contributed by atoms with Gasteiger partial charge in [0.2, 0.25) is 0 Å². The minimum Gasteiger partial charge on any atom is -0.489 e. The van der Waals surface area contributed by atoms with Gasteiger partial charge in [0.05, 0.1) is 12.1 Å². The molecular formula is C25H23FN2O5. The summed E-state index contributed by atoms with van der Waals surface area (Å²) in [5.74, 6) is -0.361. The van der Waals surface area contributed by atoms with Crippen molar-refractivity contribution in [3.63, 3.8) is 0 Å². The maximum absolute atomic E-state index is 15.1. The van der Waals surface area contributed by atoms with Crippen molar-refractivity contribution in [1.82, 2.24) is 4.98 Å². The van der Waals surface area contributed by atoms with Crippen LogP contribution in [-0.2, 0) is 35.7 Å². The maximum Gasteiger partial charge on any atom is 0.307 e. The van der Waals surface area contributed by atoms with Crippen molar-refractivity contribution in [2.24, 2.45) is 5.73 Å². The third kappa shape index (κ3) is 4.87. The standard InChI is InChI=1S/C25H23FN2O5/c1-31-14-18-10-17-8-15(13-32-22-5-3-2-4-16(22)11-23(29)30)9-20(25(17)33-18)19-6-7-28-21(12-27)24(19)26/h2-10H,11-14,27H2,1H3,(H,29,30). The summed E-state index contributed by atoms with van der Waals surface area (Å²) >= 11 is 0. The Balaban J connectivity index is 1.75. The highest BCUT2D eigenvalue weighted by Crippen LogP contribution is 2.35. The summed E-state index contributed by atoms with van der Waals surface area (Å²) in [4.78, 5) is 15.2. The molecule has 2 heterocycles. The van der Waals surface area contributed by atoms with Crippen molar-refractivity contribution in [2.45, 2.75) is 26.2 Å². The number of fused-ring (bicyclic) bond motifs is 1. The van der Waals surface area contributed by atoms with Gasteiger partial charge in [-0.25, -0.2) is 4.39 Å². The molecule has 3 N–H and O–H groups in total. The van der Waals surface area contributed by atoms with Gasteiger partial charge in [0, 0.05) is 41.9 Å². The highest BCUT2D eigenvalue weighted by atomic mass is 19.1. The van der Waals surface area contributed by atoms with Gasteiger partial charge >= 0.3 is 5.97 Å². The summed E-state index contributed by atoms with van der Waals surface area (Å²) in [6.07, 6.45) is 1.36. The molecule has 0 aliphatic carbocycles. The van der Waals surface area contributed by atoms with Gasteiger partial charge in [-0.1, -0.05) is 18.2 Å². The highest BCUT2D eigenvalue weighted by molar-refractivity contribution is 5.93. The van der Waals surface area contributed by atoms with Gasteiger partial charge < -0.3 is 24.7 Å². The number of carboxylic acids is 1. The van der Waals surface area contributed by atoms with Gasteiger partial charge in [-0.05, 0) is 35.9 Å². The Labute approximate surface area is 189 Å². The Hall–Kier alpha value is -3.75. The molecule has 170 valence electrons. The Kier molecular flexibility index (Phi) is 6.67. The number of rotatable bonds is 9. The van der Waals surface area contributed by atoms with Gasteiger partial charge in [0.15, 0.2) is 5.82 Å². The molecule has 4 rings (SSSR count). The largest absolute Gasteiger partial charge is 0.489 e. The van der Waals surface area contributed by atoms with Crippen molar-refractivity contribution in [3.05, 3.63) is 83.1 Å². The van der Waals surface area contributed by atoms with E-state index in [1.54, 1.807) is 43.5 Å². The Bertz CT molecular complexity index is 1300. The number of methoxy groups -OCH3 is 1. The second-order valence-corrected chi connectivity index (χ2v) is 7.50. The number of benzene rings is 2. The van der Waals surface area contributed by atoms with Crippen molar-refractivity contribution in [1.29, 1.82) is 0 Å². The zero-order valence-corrected chi connectivity index (χ0v) is 18.0. The summed E-state index contributed by atoms with van der Waals surface area (Å²) < 4.78 is 32.2. The number of nitrogens with zero attached hydrogens (tertiary/aromatic N) is 1. The van der Waals surface area contributed by atoms with E-state index in [2.05, 4.69) is 4.98 Å². The Morgan fingerprint density at radius 3 is 2.73 bits per heavy atom. The van der Waals surface area contributed by atoms with E-state index in [1.807, 2.05) is 12.1 Å². The third-order valence-electron chi connectivity index (χ3n) is 5.17. The van der Waals surface area contributed by atoms with Gasteiger partial charge in [-0.15, -0.1) is 0 Å². The van der Waals surface area contributed by atoms with Crippen LogP contribution in [-0.4, -0.2) is 23.2 Å². The molecule has 33 heavy (non-hydrogen) atoms. The van der Waals surface area contributed by atoms with Gasteiger partial charge in [-0.2, -0.15) is 0 Å². The molecule has 2 aromatic carbocycles.